The fourth-order valence-electron chi connectivity index (χ4n) is 9.74. The van der Waals surface area contributed by atoms with Crippen molar-refractivity contribution < 1.29 is 38.2 Å². The normalized spacial score (nSPS) is 12.0. The lowest BCUT2D eigenvalue weighted by Crippen LogP contribution is -2.45. The van der Waals surface area contributed by atoms with Gasteiger partial charge in [0.1, 0.15) is 17.9 Å². The van der Waals surface area contributed by atoms with Crippen LogP contribution in [0.15, 0.2) is 77.9 Å². The van der Waals surface area contributed by atoms with E-state index in [1.807, 2.05) is 48.5 Å². The van der Waals surface area contributed by atoms with Gasteiger partial charge in [-0.15, -0.1) is 0 Å². The number of para-hydroxylation sites is 1. The first-order chi connectivity index (χ1) is 39.2. The van der Waals surface area contributed by atoms with Crippen molar-refractivity contribution in [3.63, 3.8) is 0 Å². The highest BCUT2D eigenvalue weighted by molar-refractivity contribution is 6.06. The number of imide groups is 1. The highest BCUT2D eigenvalue weighted by atomic mass is 16.6. The summed E-state index contributed by atoms with van der Waals surface area (Å²) in [6.07, 6.45) is 15.1. The number of aryl methyl sites for hydroxylation is 1. The first kappa shape index (κ1) is 64.3. The number of fused-ring (bicyclic) bond motifs is 3. The maximum Gasteiger partial charge on any atom is 0.417 e. The molecular formula is C61H86N12O8. The molecule has 0 bridgehead atoms. The molecule has 0 aliphatic carbocycles. The Hall–Kier alpha value is -7.57. The number of nitrogen functional groups attached to an aromatic ring is 1. The Morgan fingerprint density at radius 1 is 0.778 bits per heavy atom. The van der Waals surface area contributed by atoms with Crippen molar-refractivity contribution in [2.24, 2.45) is 22.7 Å². The molecule has 2 atom stereocenters. The molecule has 0 unspecified atom stereocenters. The number of pyridine rings is 1. The molecule has 0 spiro atoms. The van der Waals surface area contributed by atoms with Gasteiger partial charge in [0, 0.05) is 67.2 Å². The lowest BCUT2D eigenvalue weighted by atomic mass is 9.89. The van der Waals surface area contributed by atoms with Crippen LogP contribution in [0, 0.1) is 11.8 Å². The second-order valence-corrected chi connectivity index (χ2v) is 21.2. The zero-order valence-electron chi connectivity index (χ0n) is 48.1. The van der Waals surface area contributed by atoms with Crippen molar-refractivity contribution in [2.45, 2.75) is 175 Å². The van der Waals surface area contributed by atoms with E-state index in [2.05, 4.69) is 49.4 Å². The first-order valence-corrected chi connectivity index (χ1v) is 29.1. The van der Waals surface area contributed by atoms with Crippen LogP contribution in [-0.4, -0.2) is 87.4 Å². The summed E-state index contributed by atoms with van der Waals surface area (Å²) in [4.78, 5) is 93.1. The number of hydrogen-bond acceptors (Lipinski definition) is 12. The van der Waals surface area contributed by atoms with E-state index in [0.717, 1.165) is 71.9 Å². The van der Waals surface area contributed by atoms with Crippen molar-refractivity contribution in [3.8, 4) is 0 Å². The van der Waals surface area contributed by atoms with Crippen molar-refractivity contribution >= 4 is 69.1 Å². The van der Waals surface area contributed by atoms with Crippen molar-refractivity contribution in [3.05, 3.63) is 106 Å². The average molecular weight is 1120 g/mol. The first-order valence-electron chi connectivity index (χ1n) is 29.1. The van der Waals surface area contributed by atoms with E-state index in [9.17, 15) is 28.8 Å². The number of nitrogens with two attached hydrogens (primary N) is 2. The fraction of sp³-hybridized carbons (Fsp3) is 0.541. The van der Waals surface area contributed by atoms with Gasteiger partial charge in [0.25, 0.3) is 0 Å². The molecule has 5 rings (SSSR count). The number of aromatic nitrogens is 3. The minimum Gasteiger partial charge on any atom is -0.444 e. The molecule has 20 heteroatoms. The summed E-state index contributed by atoms with van der Waals surface area (Å²) in [5.74, 6) is -1.27. The number of rotatable bonds is 38. The van der Waals surface area contributed by atoms with Gasteiger partial charge in [0.05, 0.1) is 36.8 Å². The number of anilines is 2. The van der Waals surface area contributed by atoms with Gasteiger partial charge >= 0.3 is 12.1 Å². The Bertz CT molecular complexity index is 2850. The van der Waals surface area contributed by atoms with E-state index in [-0.39, 0.29) is 82.7 Å². The number of ketones is 1. The molecule has 81 heavy (non-hydrogen) atoms. The number of urea groups is 1. The van der Waals surface area contributed by atoms with Gasteiger partial charge in [-0.1, -0.05) is 158 Å². The van der Waals surface area contributed by atoms with Crippen LogP contribution in [0.1, 0.15) is 166 Å². The molecule has 0 aliphatic heterocycles. The van der Waals surface area contributed by atoms with Crippen molar-refractivity contribution in [1.82, 2.24) is 30.1 Å². The Morgan fingerprint density at radius 3 is 2.10 bits per heavy atom. The van der Waals surface area contributed by atoms with Gasteiger partial charge < -0.3 is 41.5 Å². The molecule has 0 aliphatic rings. The average Bonchev–Trinajstić information content (AvgIpc) is 3.98. The molecule has 438 valence electrons. The van der Waals surface area contributed by atoms with Gasteiger partial charge in [-0.3, -0.25) is 19.2 Å². The number of amides is 6. The molecule has 0 saturated heterocycles. The van der Waals surface area contributed by atoms with Crippen LogP contribution >= 0.6 is 0 Å². The fourth-order valence-corrected chi connectivity index (χ4v) is 9.74. The van der Waals surface area contributed by atoms with Crippen LogP contribution in [0.25, 0.3) is 32.4 Å². The van der Waals surface area contributed by atoms with Crippen LogP contribution in [-0.2, 0) is 54.8 Å². The highest BCUT2D eigenvalue weighted by Crippen LogP contribution is 2.30. The van der Waals surface area contributed by atoms with E-state index < -0.39 is 35.9 Å². The summed E-state index contributed by atoms with van der Waals surface area (Å²) in [6.45, 7) is 8.93. The Balaban J connectivity index is 1.24. The summed E-state index contributed by atoms with van der Waals surface area (Å²) >= 11 is 0. The van der Waals surface area contributed by atoms with E-state index in [1.54, 1.807) is 38.1 Å². The van der Waals surface area contributed by atoms with Gasteiger partial charge in [-0.25, -0.2) is 24.5 Å². The van der Waals surface area contributed by atoms with E-state index in [4.69, 9.17) is 31.5 Å². The standard InChI is InChI=1S/C61H86N12O8/c1-5-7-9-10-11-12-13-14-15-16-17-25-54(76)73(41-45-28-26-44(27-29-45)40-72-52(24-8-6-2)69-56-57(72)49-22-18-19-23-50(49)68-58(56)62)61(79)81-42-46-30-32-48(33-31-46)67-59(77)47(21-20-35-65-60(63)78)39-51(74)55(43(3)4)70-53(75)34-37-80-38-36-66-71-64/h18-19,22-23,26-33,43,47,55H,5-17,20-21,24-25,34-42H2,1-4H3,(H2,62,68)(H,67,77)(H,70,75)(H3,63,65,78)/t47-,55+/m1/s1. The zero-order chi connectivity index (χ0) is 58.4. The number of azide groups is 1. The smallest absolute Gasteiger partial charge is 0.417 e. The third-order valence-electron chi connectivity index (χ3n) is 14.3. The van der Waals surface area contributed by atoms with Crippen LogP contribution in [0.5, 0.6) is 0 Å². The summed E-state index contributed by atoms with van der Waals surface area (Å²) < 4.78 is 13.4. The summed E-state index contributed by atoms with van der Waals surface area (Å²) in [5, 5.41) is 12.5. The number of imidazole rings is 1. The zero-order valence-corrected chi connectivity index (χ0v) is 48.1. The second kappa shape index (κ2) is 35.2. The molecule has 0 saturated carbocycles. The molecule has 7 N–H and O–H groups in total. The van der Waals surface area contributed by atoms with Crippen LogP contribution in [0.4, 0.5) is 21.1 Å². The second-order valence-electron chi connectivity index (χ2n) is 21.2. The molecule has 2 heterocycles. The quantitative estimate of drug-likeness (QED) is 0.0107. The van der Waals surface area contributed by atoms with Gasteiger partial charge in [0.2, 0.25) is 17.7 Å². The van der Waals surface area contributed by atoms with Gasteiger partial charge in [-0.2, -0.15) is 0 Å². The molecular weight excluding hydrogens is 1030 g/mol. The number of Topliss-reactive ketones (excluding diaryl/α,β-unsaturated/α-hetero) is 1. The molecule has 3 aromatic carbocycles. The number of primary amides is 1. The molecule has 0 radical (unpaired) electrons. The number of carbonyl (C=O) groups excluding carboxylic acids is 6. The van der Waals surface area contributed by atoms with E-state index in [0.29, 0.717) is 42.0 Å². The molecule has 2 aromatic heterocycles. The predicted octanol–water partition coefficient (Wildman–Crippen LogP) is 11.7. The van der Waals surface area contributed by atoms with E-state index in [1.165, 1.54) is 49.8 Å². The third kappa shape index (κ3) is 21.8. The molecule has 0 fully saturated rings. The highest BCUT2D eigenvalue weighted by Gasteiger charge is 2.30. The van der Waals surface area contributed by atoms with Gasteiger partial charge in [-0.05, 0) is 72.0 Å². The predicted molar refractivity (Wildman–Crippen MR) is 317 cm³/mol. The van der Waals surface area contributed by atoms with Crippen molar-refractivity contribution in [2.75, 3.05) is 37.4 Å². The van der Waals surface area contributed by atoms with Crippen molar-refractivity contribution in [1.29, 1.82) is 0 Å². The number of nitrogens with zero attached hydrogens (tertiary/aromatic N) is 7. The number of carbonyl (C=O) groups is 6. The number of unbranched alkanes of at least 4 members (excludes halogenated alkanes) is 11. The number of hydrogen-bond donors (Lipinski definition) is 5. The number of benzene rings is 3. The monoisotopic (exact) mass is 1110 g/mol. The van der Waals surface area contributed by atoms with Gasteiger partial charge in [0.15, 0.2) is 11.6 Å². The number of nitrogens with one attached hydrogen (secondary N) is 3. The molecule has 6 amide bonds. The lowest BCUT2D eigenvalue weighted by Gasteiger charge is -2.24. The summed E-state index contributed by atoms with van der Waals surface area (Å²) in [6, 6.07) is 21.0. The minimum atomic E-state index is -0.873. The Morgan fingerprint density at radius 2 is 1.43 bits per heavy atom. The summed E-state index contributed by atoms with van der Waals surface area (Å²) in [5.41, 5.74) is 25.4. The Labute approximate surface area is 476 Å². The third-order valence-corrected chi connectivity index (χ3v) is 14.3. The lowest BCUT2D eigenvalue weighted by molar-refractivity contribution is -0.131. The maximum absolute atomic E-state index is 14.0. The maximum atomic E-state index is 14.0. The minimum absolute atomic E-state index is 0.0179. The molecule has 20 nitrogen and oxygen atoms in total. The van der Waals surface area contributed by atoms with E-state index >= 15 is 0 Å². The van der Waals surface area contributed by atoms with Crippen LogP contribution in [0.3, 0.4) is 0 Å². The Kier molecular flexibility index (Phi) is 27.9. The molecule has 5 aromatic rings. The van der Waals surface area contributed by atoms with Crippen LogP contribution < -0.4 is 27.4 Å². The SMILES string of the molecule is CCCCCCCCCCCCCC(=O)N(Cc1ccc(Cn2c(CCCC)nc3c(N)nc4ccccc4c32)cc1)C(=O)OCc1ccc(NC(=O)[C@H](CCCNC(N)=O)CC(=O)[C@@H](NC(=O)CCOCCN=[N+]=[N-])C(C)C)cc1. The van der Waals surface area contributed by atoms with Crippen LogP contribution in [0.2, 0.25) is 0 Å². The largest absolute Gasteiger partial charge is 0.444 e. The topological polar surface area (TPSA) is 292 Å². The number of ether oxygens (including phenoxy) is 2. The summed E-state index contributed by atoms with van der Waals surface area (Å²) in [7, 11) is 0.